The van der Waals surface area contributed by atoms with Crippen LogP contribution in [0.2, 0.25) is 0 Å². The zero-order valence-corrected chi connectivity index (χ0v) is 18.5. The summed E-state index contributed by atoms with van der Waals surface area (Å²) in [6, 6.07) is 15.8. The van der Waals surface area contributed by atoms with Crippen LogP contribution in [0, 0.1) is 25.2 Å². The average Bonchev–Trinajstić information content (AvgIpc) is 3.28. The first-order valence-corrected chi connectivity index (χ1v) is 11.2. The Bertz CT molecular complexity index is 1460. The highest BCUT2D eigenvalue weighted by Crippen LogP contribution is 2.24. The molecule has 4 rings (SSSR count). The molecule has 32 heavy (non-hydrogen) atoms. The fourth-order valence-electron chi connectivity index (χ4n) is 3.16. The van der Waals surface area contributed by atoms with Gasteiger partial charge in [-0.2, -0.15) is 5.26 Å². The van der Waals surface area contributed by atoms with Gasteiger partial charge in [-0.3, -0.25) is 4.99 Å². The number of fused-ring (bicyclic) bond motifs is 1. The van der Waals surface area contributed by atoms with E-state index >= 15 is 0 Å². The Labute approximate surface area is 185 Å². The van der Waals surface area contributed by atoms with Crippen LogP contribution in [-0.2, 0) is 17.1 Å². The third-order valence-corrected chi connectivity index (χ3v) is 6.49. The summed E-state index contributed by atoms with van der Waals surface area (Å²) in [5.41, 5.74) is 3.47. The van der Waals surface area contributed by atoms with Crippen molar-refractivity contribution >= 4 is 38.8 Å². The molecule has 1 N–H and O–H groups in total. The van der Waals surface area contributed by atoms with Crippen LogP contribution in [0.1, 0.15) is 23.0 Å². The lowest BCUT2D eigenvalue weighted by Crippen LogP contribution is -2.13. The molecule has 4 aromatic rings. The van der Waals surface area contributed by atoms with Crippen molar-refractivity contribution in [2.24, 2.45) is 12.0 Å². The Morgan fingerprint density at radius 3 is 2.53 bits per heavy atom. The Balaban J connectivity index is 1.54. The van der Waals surface area contributed by atoms with E-state index in [0.29, 0.717) is 22.8 Å². The molecular formula is C22H20N6O3S. The Kier molecular flexibility index (Phi) is 5.50. The highest BCUT2D eigenvalue weighted by atomic mass is 32.2. The van der Waals surface area contributed by atoms with Crippen LogP contribution < -0.4 is 4.72 Å². The standard InChI is InChI=1S/C22H20N6O3S/c1-14-15(2)26-31-22(14)27-32(29,30)18-10-8-17(9-11-18)24-13-16(12-23)21-25-19-6-4-5-7-20(19)28(21)3/h4-11,13,16,27H,1-3H3. The van der Waals surface area contributed by atoms with Crippen LogP contribution in [0.3, 0.4) is 0 Å². The fraction of sp³-hybridized carbons (Fsp3) is 0.182. The maximum Gasteiger partial charge on any atom is 0.264 e. The molecule has 2 heterocycles. The molecule has 0 aliphatic rings. The molecule has 2 aromatic heterocycles. The molecule has 1 unspecified atom stereocenters. The maximum absolute atomic E-state index is 12.6. The second-order valence-electron chi connectivity index (χ2n) is 7.22. The minimum absolute atomic E-state index is 0.0529. The molecule has 0 saturated heterocycles. The summed E-state index contributed by atoms with van der Waals surface area (Å²) in [6.45, 7) is 3.45. The number of para-hydroxylation sites is 2. The number of sulfonamides is 1. The largest absolute Gasteiger partial charge is 0.337 e. The Morgan fingerprint density at radius 1 is 1.19 bits per heavy atom. The van der Waals surface area contributed by atoms with Crippen molar-refractivity contribution in [1.82, 2.24) is 14.7 Å². The predicted molar refractivity (Wildman–Crippen MR) is 120 cm³/mol. The first-order chi connectivity index (χ1) is 15.3. The normalized spacial score (nSPS) is 12.8. The van der Waals surface area contributed by atoms with Crippen LogP contribution in [0.5, 0.6) is 0 Å². The quantitative estimate of drug-likeness (QED) is 0.445. The second-order valence-corrected chi connectivity index (χ2v) is 8.91. The van der Waals surface area contributed by atoms with Gasteiger partial charge in [-0.25, -0.2) is 18.1 Å². The van der Waals surface area contributed by atoms with Crippen LogP contribution in [0.4, 0.5) is 11.6 Å². The Hall–Kier alpha value is -3.97. The van der Waals surface area contributed by atoms with Gasteiger partial charge in [0.05, 0.1) is 33.4 Å². The van der Waals surface area contributed by atoms with E-state index in [1.54, 1.807) is 26.0 Å². The molecule has 9 nitrogen and oxygen atoms in total. The van der Waals surface area contributed by atoms with E-state index in [1.807, 2.05) is 35.9 Å². The number of nitriles is 1. The molecule has 0 aliphatic heterocycles. The lowest BCUT2D eigenvalue weighted by molar-refractivity contribution is 0.430. The van der Waals surface area contributed by atoms with Crippen LogP contribution in [-0.4, -0.2) is 29.3 Å². The second kappa shape index (κ2) is 8.28. The van der Waals surface area contributed by atoms with Crippen molar-refractivity contribution in [3.8, 4) is 6.07 Å². The van der Waals surface area contributed by atoms with Crippen molar-refractivity contribution in [2.75, 3.05) is 4.72 Å². The molecule has 10 heteroatoms. The van der Waals surface area contributed by atoms with Gasteiger partial charge in [0.25, 0.3) is 10.0 Å². The highest BCUT2D eigenvalue weighted by molar-refractivity contribution is 7.92. The molecule has 0 bridgehead atoms. The van der Waals surface area contributed by atoms with Crippen molar-refractivity contribution in [3.63, 3.8) is 0 Å². The molecule has 2 aromatic carbocycles. The number of anilines is 1. The van der Waals surface area contributed by atoms with Gasteiger partial charge in [0.15, 0.2) is 0 Å². The molecule has 0 fully saturated rings. The number of hydrogen-bond acceptors (Lipinski definition) is 7. The fourth-order valence-corrected chi connectivity index (χ4v) is 4.21. The number of rotatable bonds is 6. The summed E-state index contributed by atoms with van der Waals surface area (Å²) in [6.07, 6.45) is 1.50. The topological polar surface area (TPSA) is 126 Å². The number of imidazole rings is 1. The molecule has 0 spiro atoms. The average molecular weight is 449 g/mol. The van der Waals surface area contributed by atoms with Crippen molar-refractivity contribution in [3.05, 3.63) is 65.6 Å². The third kappa shape index (κ3) is 3.98. The lowest BCUT2D eigenvalue weighted by atomic mass is 10.2. The van der Waals surface area contributed by atoms with E-state index in [0.717, 1.165) is 11.0 Å². The molecule has 1 atom stereocenters. The van der Waals surface area contributed by atoms with Crippen molar-refractivity contribution in [2.45, 2.75) is 24.7 Å². The first-order valence-electron chi connectivity index (χ1n) is 9.71. The zero-order chi connectivity index (χ0) is 22.9. The number of benzene rings is 2. The summed E-state index contributed by atoms with van der Waals surface area (Å²) in [5, 5.41) is 13.4. The summed E-state index contributed by atoms with van der Waals surface area (Å²) in [4.78, 5) is 8.94. The first kappa shape index (κ1) is 21.3. The van der Waals surface area contributed by atoms with Gasteiger partial charge in [-0.05, 0) is 50.2 Å². The zero-order valence-electron chi connectivity index (χ0n) is 17.6. The molecule has 0 aliphatic carbocycles. The number of aryl methyl sites for hydroxylation is 2. The SMILES string of the molecule is Cc1noc(NS(=O)(=O)c2ccc(N=CC(C#N)c3nc4ccccc4n3C)cc2)c1C. The highest BCUT2D eigenvalue weighted by Gasteiger charge is 2.19. The summed E-state index contributed by atoms with van der Waals surface area (Å²) >= 11 is 0. The number of hydrogen-bond donors (Lipinski definition) is 1. The van der Waals surface area contributed by atoms with Gasteiger partial charge in [-0.15, -0.1) is 0 Å². The van der Waals surface area contributed by atoms with Gasteiger partial charge < -0.3 is 9.09 Å². The summed E-state index contributed by atoms with van der Waals surface area (Å²) in [7, 11) is -1.99. The van der Waals surface area contributed by atoms with Crippen LogP contribution >= 0.6 is 0 Å². The van der Waals surface area contributed by atoms with Crippen LogP contribution in [0.15, 0.2) is 62.9 Å². The third-order valence-electron chi connectivity index (χ3n) is 5.14. The minimum atomic E-state index is -3.84. The van der Waals surface area contributed by atoms with E-state index in [4.69, 9.17) is 4.52 Å². The van der Waals surface area contributed by atoms with Gasteiger partial charge >= 0.3 is 0 Å². The van der Waals surface area contributed by atoms with E-state index in [-0.39, 0.29) is 10.8 Å². The van der Waals surface area contributed by atoms with Crippen molar-refractivity contribution < 1.29 is 12.9 Å². The molecular weight excluding hydrogens is 428 g/mol. The Morgan fingerprint density at radius 2 is 1.91 bits per heavy atom. The number of aromatic nitrogens is 3. The molecule has 0 saturated carbocycles. The molecule has 162 valence electrons. The number of nitrogens with zero attached hydrogens (tertiary/aromatic N) is 5. The van der Waals surface area contributed by atoms with Crippen molar-refractivity contribution in [1.29, 1.82) is 5.26 Å². The van der Waals surface area contributed by atoms with E-state index < -0.39 is 15.9 Å². The van der Waals surface area contributed by atoms with Gasteiger partial charge in [0.2, 0.25) is 5.88 Å². The molecule has 0 amide bonds. The van der Waals surface area contributed by atoms with Crippen LogP contribution in [0.25, 0.3) is 11.0 Å². The number of nitrogens with one attached hydrogen (secondary N) is 1. The summed E-state index contributed by atoms with van der Waals surface area (Å²) < 4.78 is 34.5. The minimum Gasteiger partial charge on any atom is -0.337 e. The monoisotopic (exact) mass is 448 g/mol. The van der Waals surface area contributed by atoms with E-state index in [1.165, 1.54) is 18.3 Å². The van der Waals surface area contributed by atoms with E-state index in [9.17, 15) is 13.7 Å². The predicted octanol–water partition coefficient (Wildman–Crippen LogP) is 3.99. The lowest BCUT2D eigenvalue weighted by Gasteiger charge is -2.06. The number of aliphatic imine (C=N–C) groups is 1. The van der Waals surface area contributed by atoms with Gasteiger partial charge in [-0.1, -0.05) is 17.3 Å². The van der Waals surface area contributed by atoms with Gasteiger partial charge in [0, 0.05) is 18.8 Å². The molecule has 0 radical (unpaired) electrons. The summed E-state index contributed by atoms with van der Waals surface area (Å²) in [5.74, 6) is 0.0117. The van der Waals surface area contributed by atoms with Gasteiger partial charge in [0.1, 0.15) is 11.7 Å². The van der Waals surface area contributed by atoms with E-state index in [2.05, 4.69) is 25.9 Å². The smallest absolute Gasteiger partial charge is 0.264 e. The maximum atomic E-state index is 12.6.